The van der Waals surface area contributed by atoms with E-state index in [9.17, 15) is 4.79 Å². The highest BCUT2D eigenvalue weighted by atomic mass is 16.1. The number of aryl methyl sites for hydroxylation is 1. The van der Waals surface area contributed by atoms with Crippen molar-refractivity contribution in [1.82, 2.24) is 10.2 Å². The van der Waals surface area contributed by atoms with Gasteiger partial charge in [0, 0.05) is 17.8 Å². The Kier molecular flexibility index (Phi) is 9.95. The highest BCUT2D eigenvalue weighted by molar-refractivity contribution is 5.94. The molecular formula is C27H35N3O. The topological polar surface area (TPSA) is 58.4 Å². The van der Waals surface area contributed by atoms with Crippen LogP contribution in [0.2, 0.25) is 0 Å². The van der Waals surface area contributed by atoms with Gasteiger partial charge >= 0.3 is 0 Å². The Hall–Kier alpha value is -2.95. The van der Waals surface area contributed by atoms with Crippen LogP contribution in [0.25, 0.3) is 11.1 Å². The number of hydrogen-bond donors (Lipinski definition) is 2. The first-order valence-electron chi connectivity index (χ1n) is 10.7. The second-order valence-corrected chi connectivity index (χ2v) is 7.89. The van der Waals surface area contributed by atoms with Crippen molar-refractivity contribution in [1.29, 1.82) is 0 Å². The number of benzene rings is 3. The van der Waals surface area contributed by atoms with Gasteiger partial charge in [-0.25, -0.2) is 0 Å². The third-order valence-corrected chi connectivity index (χ3v) is 5.16. The summed E-state index contributed by atoms with van der Waals surface area (Å²) in [5, 5.41) is 3.14. The summed E-state index contributed by atoms with van der Waals surface area (Å²) in [5.41, 5.74) is 12.2. The molecule has 0 fully saturated rings. The molecule has 0 saturated carbocycles. The molecule has 4 nitrogen and oxygen atoms in total. The molecule has 0 amide bonds. The van der Waals surface area contributed by atoms with Crippen LogP contribution in [0.3, 0.4) is 0 Å². The number of nitrogens with zero attached hydrogens (tertiary/aromatic N) is 1. The van der Waals surface area contributed by atoms with Crippen LogP contribution in [0.4, 0.5) is 5.69 Å². The van der Waals surface area contributed by atoms with Crippen molar-refractivity contribution in [3.8, 4) is 11.1 Å². The Bertz CT molecular complexity index is 936. The molecular weight excluding hydrogens is 382 g/mol. The molecule has 4 heteroatoms. The molecule has 0 aliphatic carbocycles. The number of hydrogen-bond acceptors (Lipinski definition) is 4. The number of carbonyl (C=O) groups excluding carboxylic acids is 1. The molecule has 31 heavy (non-hydrogen) atoms. The van der Waals surface area contributed by atoms with Gasteiger partial charge in [-0.15, -0.1) is 0 Å². The van der Waals surface area contributed by atoms with E-state index in [0.717, 1.165) is 42.9 Å². The van der Waals surface area contributed by atoms with Gasteiger partial charge in [-0.2, -0.15) is 0 Å². The van der Waals surface area contributed by atoms with E-state index in [1.807, 2.05) is 62.5 Å². The average molecular weight is 418 g/mol. The van der Waals surface area contributed by atoms with Crippen molar-refractivity contribution >= 4 is 11.5 Å². The van der Waals surface area contributed by atoms with Crippen LogP contribution in [0.5, 0.6) is 0 Å². The maximum absolute atomic E-state index is 11.1. The fourth-order valence-electron chi connectivity index (χ4n) is 3.25. The van der Waals surface area contributed by atoms with Gasteiger partial charge in [0.15, 0.2) is 5.78 Å². The minimum atomic E-state index is 0.124. The van der Waals surface area contributed by atoms with E-state index in [4.69, 9.17) is 5.73 Å². The quantitative estimate of drug-likeness (QED) is 0.301. The SMILES string of the molecule is CNCCCN(C)Cc1ccc(C(C)=O)cc1.Cc1cc(-c2ccccc2)ccc1N. The van der Waals surface area contributed by atoms with Gasteiger partial charge in [0.05, 0.1) is 0 Å². The Morgan fingerprint density at radius 2 is 1.65 bits per heavy atom. The predicted molar refractivity (Wildman–Crippen MR) is 132 cm³/mol. The molecule has 0 atom stereocenters. The van der Waals surface area contributed by atoms with Crippen molar-refractivity contribution in [2.75, 3.05) is 32.9 Å². The van der Waals surface area contributed by atoms with E-state index >= 15 is 0 Å². The van der Waals surface area contributed by atoms with Crippen LogP contribution in [-0.4, -0.2) is 37.9 Å². The molecule has 0 spiro atoms. The summed E-state index contributed by atoms with van der Waals surface area (Å²) in [6.07, 6.45) is 1.15. The number of carbonyl (C=O) groups is 1. The summed E-state index contributed by atoms with van der Waals surface area (Å²) in [5.74, 6) is 0.124. The van der Waals surface area contributed by atoms with Gasteiger partial charge in [-0.1, -0.05) is 60.7 Å². The molecule has 3 rings (SSSR count). The molecule has 0 bridgehead atoms. The molecule has 0 heterocycles. The van der Waals surface area contributed by atoms with Gasteiger partial charge in [-0.05, 0) is 81.8 Å². The third kappa shape index (κ3) is 8.36. The van der Waals surface area contributed by atoms with E-state index in [1.54, 1.807) is 6.92 Å². The van der Waals surface area contributed by atoms with Gasteiger partial charge in [0.2, 0.25) is 0 Å². The monoisotopic (exact) mass is 417 g/mol. The zero-order valence-electron chi connectivity index (χ0n) is 19.2. The predicted octanol–water partition coefficient (Wildman–Crippen LogP) is 5.17. The van der Waals surface area contributed by atoms with Gasteiger partial charge < -0.3 is 16.0 Å². The lowest BCUT2D eigenvalue weighted by atomic mass is 10.0. The summed E-state index contributed by atoms with van der Waals surface area (Å²) >= 11 is 0. The van der Waals surface area contributed by atoms with E-state index in [0.29, 0.717) is 0 Å². The molecule has 0 radical (unpaired) electrons. The number of nitrogens with two attached hydrogens (primary N) is 1. The summed E-state index contributed by atoms with van der Waals surface area (Å²) in [6.45, 7) is 6.69. The number of rotatable bonds is 8. The van der Waals surface area contributed by atoms with E-state index in [-0.39, 0.29) is 5.78 Å². The fraction of sp³-hybridized carbons (Fsp3) is 0.296. The lowest BCUT2D eigenvalue weighted by molar-refractivity contribution is 0.101. The molecule has 0 aliphatic rings. The first-order valence-corrected chi connectivity index (χ1v) is 10.7. The number of anilines is 1. The highest BCUT2D eigenvalue weighted by Crippen LogP contribution is 2.22. The van der Waals surface area contributed by atoms with E-state index in [1.165, 1.54) is 16.7 Å². The Morgan fingerprint density at radius 3 is 2.23 bits per heavy atom. The summed E-state index contributed by atoms with van der Waals surface area (Å²) in [4.78, 5) is 13.4. The minimum absolute atomic E-state index is 0.124. The largest absolute Gasteiger partial charge is 0.399 e. The standard InChI is InChI=1S/C14H22N2O.C13H13N/c1-12(17)14-7-5-13(6-8-14)11-16(3)10-4-9-15-2;1-10-9-12(7-8-13(10)14)11-5-3-2-4-6-11/h5-8,15H,4,9-11H2,1-3H3;2-9H,14H2,1H3. The second kappa shape index (κ2) is 12.7. The van der Waals surface area contributed by atoms with Crippen LogP contribution >= 0.6 is 0 Å². The van der Waals surface area contributed by atoms with E-state index < -0.39 is 0 Å². The average Bonchev–Trinajstić information content (AvgIpc) is 2.77. The molecule has 3 N–H and O–H groups in total. The van der Waals surface area contributed by atoms with Crippen molar-refractivity contribution in [2.45, 2.75) is 26.8 Å². The Balaban J connectivity index is 0.000000224. The van der Waals surface area contributed by atoms with Gasteiger partial charge in [0.1, 0.15) is 0 Å². The summed E-state index contributed by atoms with van der Waals surface area (Å²) < 4.78 is 0. The fourth-order valence-corrected chi connectivity index (χ4v) is 3.25. The Morgan fingerprint density at radius 1 is 0.968 bits per heavy atom. The normalized spacial score (nSPS) is 10.5. The zero-order valence-corrected chi connectivity index (χ0v) is 19.2. The van der Waals surface area contributed by atoms with Crippen LogP contribution < -0.4 is 11.1 Å². The number of nitrogens with one attached hydrogen (secondary N) is 1. The molecule has 0 aliphatic heterocycles. The van der Waals surface area contributed by atoms with Crippen molar-refractivity contribution in [3.05, 3.63) is 89.5 Å². The van der Waals surface area contributed by atoms with E-state index in [2.05, 4.69) is 41.5 Å². The van der Waals surface area contributed by atoms with Crippen LogP contribution in [-0.2, 0) is 6.54 Å². The van der Waals surface area contributed by atoms with Crippen molar-refractivity contribution < 1.29 is 4.79 Å². The number of ketones is 1. The molecule has 0 aromatic heterocycles. The molecule has 0 unspecified atom stereocenters. The Labute approximate surface area is 187 Å². The maximum Gasteiger partial charge on any atom is 0.159 e. The maximum atomic E-state index is 11.1. The first kappa shape index (κ1) is 24.3. The lowest BCUT2D eigenvalue weighted by Gasteiger charge is -2.16. The lowest BCUT2D eigenvalue weighted by Crippen LogP contribution is -2.22. The smallest absolute Gasteiger partial charge is 0.159 e. The molecule has 0 saturated heterocycles. The van der Waals surface area contributed by atoms with Gasteiger partial charge in [-0.3, -0.25) is 4.79 Å². The number of Topliss-reactive ketones (excluding diaryl/α,β-unsaturated/α-hetero) is 1. The van der Waals surface area contributed by atoms with Crippen molar-refractivity contribution in [2.24, 2.45) is 0 Å². The molecule has 3 aromatic carbocycles. The number of nitrogen functional groups attached to an aromatic ring is 1. The first-order chi connectivity index (χ1) is 14.9. The van der Waals surface area contributed by atoms with Crippen LogP contribution in [0.15, 0.2) is 72.8 Å². The summed E-state index contributed by atoms with van der Waals surface area (Å²) in [6, 6.07) is 24.3. The van der Waals surface area contributed by atoms with Crippen LogP contribution in [0, 0.1) is 6.92 Å². The second-order valence-electron chi connectivity index (χ2n) is 7.89. The summed E-state index contributed by atoms with van der Waals surface area (Å²) in [7, 11) is 4.09. The van der Waals surface area contributed by atoms with Crippen LogP contribution in [0.1, 0.15) is 34.8 Å². The molecule has 3 aromatic rings. The highest BCUT2D eigenvalue weighted by Gasteiger charge is 2.02. The minimum Gasteiger partial charge on any atom is -0.399 e. The van der Waals surface area contributed by atoms with Gasteiger partial charge in [0.25, 0.3) is 0 Å². The zero-order chi connectivity index (χ0) is 22.6. The third-order valence-electron chi connectivity index (χ3n) is 5.16. The van der Waals surface area contributed by atoms with Crippen molar-refractivity contribution in [3.63, 3.8) is 0 Å². The molecule has 164 valence electrons.